The molecular weight excluding hydrogens is 368 g/mol. The fourth-order valence-corrected chi connectivity index (χ4v) is 6.83. The second-order valence-electron chi connectivity index (χ2n) is 4.61. The minimum atomic E-state index is 0.169. The van der Waals surface area contributed by atoms with Gasteiger partial charge in [-0.15, -0.1) is 35.3 Å². The van der Waals surface area contributed by atoms with Crippen molar-refractivity contribution in [1.29, 1.82) is 0 Å². The zero-order valence-electron chi connectivity index (χ0n) is 12.7. The first-order valence-electron chi connectivity index (χ1n) is 7.36. The van der Waals surface area contributed by atoms with E-state index in [1.165, 1.54) is 42.1 Å². The maximum absolute atomic E-state index is 3.55. The van der Waals surface area contributed by atoms with Crippen molar-refractivity contribution in [3.05, 3.63) is 34.3 Å². The summed E-state index contributed by atoms with van der Waals surface area (Å²) in [4.78, 5) is 0. The zero-order valence-corrected chi connectivity index (χ0v) is 16.7. The zero-order chi connectivity index (χ0) is 14.8. The highest BCUT2D eigenvalue weighted by Crippen LogP contribution is 2.55. The molecule has 0 aliphatic rings. The number of thioether (sulfide) groups is 3. The van der Waals surface area contributed by atoms with E-state index in [2.05, 4.69) is 96.3 Å². The first-order valence-corrected chi connectivity index (χ1v) is 11.1. The summed E-state index contributed by atoms with van der Waals surface area (Å²) in [7, 11) is 0. The Labute approximate surface area is 145 Å². The third-order valence-corrected chi connectivity index (χ3v) is 9.02. The molecule has 0 saturated heterocycles. The Morgan fingerprint density at radius 3 is 1.55 bits per heavy atom. The predicted octanol–water partition coefficient (Wildman–Crippen LogP) is 6.99. The summed E-state index contributed by atoms with van der Waals surface area (Å²) < 4.78 is 1.33. The summed E-state index contributed by atoms with van der Waals surface area (Å²) in [6.07, 6.45) is 3.72. The third-order valence-electron chi connectivity index (χ3n) is 2.69. The number of benzene rings is 1. The van der Waals surface area contributed by atoms with Gasteiger partial charge in [0.25, 0.3) is 0 Å². The molecule has 0 bridgehead atoms. The van der Waals surface area contributed by atoms with Crippen molar-refractivity contribution in [3.63, 3.8) is 0 Å². The predicted molar refractivity (Wildman–Crippen MR) is 104 cm³/mol. The second-order valence-corrected chi connectivity index (χ2v) is 10.2. The summed E-state index contributed by atoms with van der Waals surface area (Å²) in [5.41, 5.74) is 1.45. The van der Waals surface area contributed by atoms with Gasteiger partial charge in [0.15, 0.2) is 0 Å². The van der Waals surface area contributed by atoms with Crippen LogP contribution in [0.1, 0.15) is 45.6 Å². The van der Waals surface area contributed by atoms with Crippen LogP contribution >= 0.6 is 51.2 Å². The van der Waals surface area contributed by atoms with Crippen LogP contribution in [-0.4, -0.2) is 17.3 Å². The van der Waals surface area contributed by atoms with E-state index in [9.17, 15) is 0 Å². The minimum Gasteiger partial charge on any atom is -0.129 e. The Hall–Kier alpha value is 0.750. The normalized spacial score (nSPS) is 11.8. The van der Waals surface area contributed by atoms with Gasteiger partial charge in [0, 0.05) is 4.47 Å². The van der Waals surface area contributed by atoms with Crippen molar-refractivity contribution in [2.45, 2.75) is 43.4 Å². The lowest BCUT2D eigenvalue weighted by atomic mass is 10.2. The van der Waals surface area contributed by atoms with Gasteiger partial charge < -0.3 is 0 Å². The van der Waals surface area contributed by atoms with Gasteiger partial charge in [-0.1, -0.05) is 48.8 Å². The first kappa shape index (κ1) is 18.8. The Morgan fingerprint density at radius 2 is 1.20 bits per heavy atom. The van der Waals surface area contributed by atoms with Crippen molar-refractivity contribution in [3.8, 4) is 0 Å². The van der Waals surface area contributed by atoms with Gasteiger partial charge in [0.1, 0.15) is 3.41 Å². The van der Waals surface area contributed by atoms with Gasteiger partial charge in [-0.05, 0) is 54.2 Å². The van der Waals surface area contributed by atoms with Crippen molar-refractivity contribution in [2.75, 3.05) is 17.3 Å². The standard InChI is InChI=1S/C16H25BrS3/c1-4-11-18-16(19-12-5-2,20-13-6-3)14-7-9-15(17)10-8-14/h7-10H,4-6,11-13H2,1-3H3. The van der Waals surface area contributed by atoms with Gasteiger partial charge in [0.05, 0.1) is 0 Å². The molecule has 0 aliphatic heterocycles. The van der Waals surface area contributed by atoms with Crippen LogP contribution in [0.4, 0.5) is 0 Å². The van der Waals surface area contributed by atoms with Gasteiger partial charge in [-0.2, -0.15) is 0 Å². The van der Waals surface area contributed by atoms with Crippen LogP contribution in [0.3, 0.4) is 0 Å². The highest BCUT2D eigenvalue weighted by molar-refractivity contribution is 9.10. The van der Waals surface area contributed by atoms with E-state index in [0.29, 0.717) is 0 Å². The maximum Gasteiger partial charge on any atom is 0.132 e. The lowest BCUT2D eigenvalue weighted by molar-refractivity contribution is 1.07. The monoisotopic (exact) mass is 392 g/mol. The molecule has 1 aromatic carbocycles. The molecule has 0 aromatic heterocycles. The topological polar surface area (TPSA) is 0 Å². The molecule has 0 fully saturated rings. The maximum atomic E-state index is 3.55. The summed E-state index contributed by atoms with van der Waals surface area (Å²) >= 11 is 9.91. The average molecular weight is 393 g/mol. The molecule has 20 heavy (non-hydrogen) atoms. The molecule has 1 rings (SSSR count). The van der Waals surface area contributed by atoms with E-state index in [1.54, 1.807) is 0 Å². The number of halogens is 1. The first-order chi connectivity index (χ1) is 9.68. The average Bonchev–Trinajstić information content (AvgIpc) is 2.48. The van der Waals surface area contributed by atoms with E-state index in [4.69, 9.17) is 0 Å². The highest BCUT2D eigenvalue weighted by atomic mass is 79.9. The smallest absolute Gasteiger partial charge is 0.129 e. The largest absolute Gasteiger partial charge is 0.132 e. The van der Waals surface area contributed by atoms with Crippen LogP contribution in [0.15, 0.2) is 28.7 Å². The SMILES string of the molecule is CCCSC(SCCC)(SCCC)c1ccc(Br)cc1. The lowest BCUT2D eigenvalue weighted by Crippen LogP contribution is -2.15. The van der Waals surface area contributed by atoms with E-state index in [0.717, 1.165) is 4.47 Å². The van der Waals surface area contributed by atoms with Gasteiger partial charge in [-0.25, -0.2) is 0 Å². The van der Waals surface area contributed by atoms with E-state index < -0.39 is 0 Å². The minimum absolute atomic E-state index is 0.169. The number of hydrogen-bond acceptors (Lipinski definition) is 3. The Balaban J connectivity index is 3.00. The fraction of sp³-hybridized carbons (Fsp3) is 0.625. The fourth-order valence-electron chi connectivity index (χ4n) is 1.74. The second kappa shape index (κ2) is 10.5. The highest BCUT2D eigenvalue weighted by Gasteiger charge is 2.33. The third kappa shape index (κ3) is 5.86. The molecule has 0 radical (unpaired) electrons. The molecule has 0 N–H and O–H groups in total. The van der Waals surface area contributed by atoms with Crippen molar-refractivity contribution < 1.29 is 0 Å². The summed E-state index contributed by atoms with van der Waals surface area (Å²) in [6.45, 7) is 6.82. The quantitative estimate of drug-likeness (QED) is 0.393. The molecular formula is C16H25BrS3. The molecule has 1 aromatic rings. The molecule has 4 heteroatoms. The van der Waals surface area contributed by atoms with E-state index in [1.807, 2.05) is 0 Å². The summed E-state index contributed by atoms with van der Waals surface area (Å²) in [5.74, 6) is 3.68. The molecule has 0 nitrogen and oxygen atoms in total. The van der Waals surface area contributed by atoms with Crippen molar-refractivity contribution in [2.24, 2.45) is 0 Å². The summed E-state index contributed by atoms with van der Waals surface area (Å²) in [5, 5.41) is 0. The summed E-state index contributed by atoms with van der Waals surface area (Å²) in [6, 6.07) is 8.93. The van der Waals surface area contributed by atoms with Crippen LogP contribution in [0, 0.1) is 0 Å². The Bertz CT molecular complexity index is 343. The van der Waals surface area contributed by atoms with Crippen LogP contribution < -0.4 is 0 Å². The van der Waals surface area contributed by atoms with Crippen molar-refractivity contribution >= 4 is 51.2 Å². The molecule has 0 atom stereocenters. The Morgan fingerprint density at radius 1 is 0.800 bits per heavy atom. The number of hydrogen-bond donors (Lipinski definition) is 0. The van der Waals surface area contributed by atoms with Gasteiger partial charge in [-0.3, -0.25) is 0 Å². The van der Waals surface area contributed by atoms with Crippen LogP contribution in [0.25, 0.3) is 0 Å². The van der Waals surface area contributed by atoms with Crippen LogP contribution in [-0.2, 0) is 3.41 Å². The van der Waals surface area contributed by atoms with Crippen LogP contribution in [0.5, 0.6) is 0 Å². The number of rotatable bonds is 10. The molecule has 0 heterocycles. The Kier molecular flexibility index (Phi) is 9.84. The van der Waals surface area contributed by atoms with E-state index >= 15 is 0 Å². The lowest BCUT2D eigenvalue weighted by Gasteiger charge is -2.33. The molecule has 0 aliphatic carbocycles. The van der Waals surface area contributed by atoms with Crippen LogP contribution in [0.2, 0.25) is 0 Å². The molecule has 0 unspecified atom stereocenters. The molecule has 114 valence electrons. The molecule has 0 amide bonds. The van der Waals surface area contributed by atoms with E-state index in [-0.39, 0.29) is 3.41 Å². The molecule has 0 spiro atoms. The van der Waals surface area contributed by atoms with Crippen molar-refractivity contribution in [1.82, 2.24) is 0 Å². The molecule has 0 saturated carbocycles. The van der Waals surface area contributed by atoms with Gasteiger partial charge in [0.2, 0.25) is 0 Å². The van der Waals surface area contributed by atoms with Gasteiger partial charge >= 0.3 is 0 Å².